The summed E-state index contributed by atoms with van der Waals surface area (Å²) in [5.41, 5.74) is 2.69. The molecule has 0 spiro atoms. The zero-order chi connectivity index (χ0) is 14.8. The summed E-state index contributed by atoms with van der Waals surface area (Å²) in [6, 6.07) is 10.3. The minimum atomic E-state index is 0.373. The van der Waals surface area contributed by atoms with Crippen molar-refractivity contribution in [1.29, 1.82) is 0 Å². The average molecular weight is 299 g/mol. The Balaban J connectivity index is 1.98. The van der Waals surface area contributed by atoms with Crippen LogP contribution in [0.3, 0.4) is 0 Å². The molecule has 2 heterocycles. The SMILES string of the molecule is COc1ccc2ccc(-c3csc(NC(C)C)n3)nc2c1. The zero-order valence-electron chi connectivity index (χ0n) is 12.3. The molecule has 0 fully saturated rings. The van der Waals surface area contributed by atoms with Gasteiger partial charge in [0.15, 0.2) is 5.13 Å². The molecule has 5 heteroatoms. The van der Waals surface area contributed by atoms with E-state index < -0.39 is 0 Å². The Morgan fingerprint density at radius 2 is 1.90 bits per heavy atom. The average Bonchev–Trinajstić information content (AvgIpc) is 2.93. The predicted molar refractivity (Wildman–Crippen MR) is 88.2 cm³/mol. The molecule has 0 bridgehead atoms. The van der Waals surface area contributed by atoms with Crippen LogP contribution in [0.15, 0.2) is 35.7 Å². The summed E-state index contributed by atoms with van der Waals surface area (Å²) in [5.74, 6) is 0.813. The molecular formula is C16H17N3OS. The monoisotopic (exact) mass is 299 g/mol. The number of hydrogen-bond acceptors (Lipinski definition) is 5. The third kappa shape index (κ3) is 2.97. The van der Waals surface area contributed by atoms with E-state index in [-0.39, 0.29) is 0 Å². The Kier molecular flexibility index (Phi) is 3.75. The van der Waals surface area contributed by atoms with Crippen LogP contribution in [0.2, 0.25) is 0 Å². The molecule has 108 valence electrons. The van der Waals surface area contributed by atoms with Crippen molar-refractivity contribution in [3.05, 3.63) is 35.7 Å². The third-order valence-corrected chi connectivity index (χ3v) is 3.85. The highest BCUT2D eigenvalue weighted by Gasteiger charge is 2.08. The fourth-order valence-electron chi connectivity index (χ4n) is 2.07. The minimum Gasteiger partial charge on any atom is -0.497 e. The lowest BCUT2D eigenvalue weighted by atomic mass is 10.2. The Hall–Kier alpha value is -2.14. The van der Waals surface area contributed by atoms with Crippen LogP contribution in [-0.4, -0.2) is 23.1 Å². The Morgan fingerprint density at radius 3 is 2.67 bits per heavy atom. The molecular weight excluding hydrogens is 282 g/mol. The fraction of sp³-hybridized carbons (Fsp3) is 0.250. The van der Waals surface area contributed by atoms with Gasteiger partial charge in [-0.15, -0.1) is 11.3 Å². The van der Waals surface area contributed by atoms with Gasteiger partial charge in [-0.3, -0.25) is 0 Å². The third-order valence-electron chi connectivity index (χ3n) is 3.08. The van der Waals surface area contributed by atoms with Gasteiger partial charge in [0.1, 0.15) is 11.4 Å². The molecule has 2 aromatic heterocycles. The largest absolute Gasteiger partial charge is 0.497 e. The van der Waals surface area contributed by atoms with Gasteiger partial charge in [-0.05, 0) is 32.0 Å². The molecule has 4 nitrogen and oxygen atoms in total. The molecule has 0 aliphatic carbocycles. The maximum absolute atomic E-state index is 5.25. The molecule has 3 rings (SSSR count). The standard InChI is InChI=1S/C16H17N3OS/c1-10(2)17-16-19-15(9-21-16)13-7-5-11-4-6-12(20-3)8-14(11)18-13/h4-10H,1-3H3,(H,17,19). The maximum Gasteiger partial charge on any atom is 0.183 e. The van der Waals surface area contributed by atoms with E-state index in [1.807, 2.05) is 29.6 Å². The van der Waals surface area contributed by atoms with E-state index in [9.17, 15) is 0 Å². The smallest absolute Gasteiger partial charge is 0.183 e. The molecule has 21 heavy (non-hydrogen) atoms. The summed E-state index contributed by atoms with van der Waals surface area (Å²) in [6.45, 7) is 4.20. The highest BCUT2D eigenvalue weighted by Crippen LogP contribution is 2.27. The number of hydrogen-bond donors (Lipinski definition) is 1. The molecule has 3 aromatic rings. The molecule has 0 saturated heterocycles. The van der Waals surface area contributed by atoms with Gasteiger partial charge in [0, 0.05) is 22.9 Å². The zero-order valence-corrected chi connectivity index (χ0v) is 13.1. The van der Waals surface area contributed by atoms with E-state index in [0.29, 0.717) is 6.04 Å². The first-order valence-electron chi connectivity index (χ1n) is 6.83. The number of rotatable bonds is 4. The van der Waals surface area contributed by atoms with Gasteiger partial charge in [-0.1, -0.05) is 6.07 Å². The molecule has 0 radical (unpaired) electrons. The van der Waals surface area contributed by atoms with E-state index in [1.165, 1.54) is 0 Å². The van der Waals surface area contributed by atoms with Crippen LogP contribution in [0.5, 0.6) is 5.75 Å². The van der Waals surface area contributed by atoms with Crippen molar-refractivity contribution in [3.8, 4) is 17.1 Å². The Morgan fingerprint density at radius 1 is 1.10 bits per heavy atom. The van der Waals surface area contributed by atoms with Crippen LogP contribution in [0.4, 0.5) is 5.13 Å². The van der Waals surface area contributed by atoms with Crippen molar-refractivity contribution >= 4 is 27.4 Å². The molecule has 1 aromatic carbocycles. The van der Waals surface area contributed by atoms with Crippen molar-refractivity contribution in [1.82, 2.24) is 9.97 Å². The van der Waals surface area contributed by atoms with Gasteiger partial charge in [0.05, 0.1) is 18.3 Å². The summed E-state index contributed by atoms with van der Waals surface area (Å²) in [4.78, 5) is 9.27. The van der Waals surface area contributed by atoms with Crippen LogP contribution in [-0.2, 0) is 0 Å². The maximum atomic E-state index is 5.25. The van der Waals surface area contributed by atoms with E-state index in [1.54, 1.807) is 18.4 Å². The van der Waals surface area contributed by atoms with Crippen molar-refractivity contribution in [3.63, 3.8) is 0 Å². The van der Waals surface area contributed by atoms with E-state index in [2.05, 4.69) is 35.2 Å². The molecule has 0 aliphatic heterocycles. The summed E-state index contributed by atoms with van der Waals surface area (Å²) >= 11 is 1.60. The second-order valence-electron chi connectivity index (χ2n) is 5.09. The topological polar surface area (TPSA) is 47.0 Å². The lowest BCUT2D eigenvalue weighted by Gasteiger charge is -2.05. The molecule has 0 atom stereocenters. The van der Waals surface area contributed by atoms with Crippen molar-refractivity contribution < 1.29 is 4.74 Å². The molecule has 0 amide bonds. The van der Waals surface area contributed by atoms with Crippen LogP contribution in [0.25, 0.3) is 22.3 Å². The second-order valence-corrected chi connectivity index (χ2v) is 5.95. The minimum absolute atomic E-state index is 0.373. The summed E-state index contributed by atoms with van der Waals surface area (Å²) < 4.78 is 5.25. The second kappa shape index (κ2) is 5.69. The van der Waals surface area contributed by atoms with Gasteiger partial charge >= 0.3 is 0 Å². The van der Waals surface area contributed by atoms with Crippen LogP contribution < -0.4 is 10.1 Å². The van der Waals surface area contributed by atoms with Gasteiger partial charge in [-0.2, -0.15) is 0 Å². The molecule has 0 saturated carbocycles. The number of fused-ring (bicyclic) bond motifs is 1. The number of pyridine rings is 1. The number of thiazole rings is 1. The molecule has 1 N–H and O–H groups in total. The van der Waals surface area contributed by atoms with Crippen LogP contribution in [0, 0.1) is 0 Å². The van der Waals surface area contributed by atoms with Gasteiger partial charge in [-0.25, -0.2) is 9.97 Å². The highest BCUT2D eigenvalue weighted by molar-refractivity contribution is 7.14. The van der Waals surface area contributed by atoms with Crippen molar-refractivity contribution in [2.45, 2.75) is 19.9 Å². The number of nitrogens with zero attached hydrogens (tertiary/aromatic N) is 2. The van der Waals surface area contributed by atoms with Gasteiger partial charge < -0.3 is 10.1 Å². The number of methoxy groups -OCH3 is 1. The first-order valence-corrected chi connectivity index (χ1v) is 7.71. The van der Waals surface area contributed by atoms with Crippen molar-refractivity contribution in [2.24, 2.45) is 0 Å². The Labute approximate surface area is 127 Å². The van der Waals surface area contributed by atoms with E-state index in [0.717, 1.165) is 33.2 Å². The normalized spacial score (nSPS) is 11.0. The lowest BCUT2D eigenvalue weighted by Crippen LogP contribution is -2.09. The van der Waals surface area contributed by atoms with Gasteiger partial charge in [0.2, 0.25) is 0 Å². The summed E-state index contributed by atoms with van der Waals surface area (Å²) in [5, 5.41) is 7.35. The first kappa shape index (κ1) is 13.8. The quantitative estimate of drug-likeness (QED) is 0.785. The van der Waals surface area contributed by atoms with Gasteiger partial charge in [0.25, 0.3) is 0 Å². The molecule has 0 aliphatic rings. The molecule has 0 unspecified atom stereocenters. The first-order chi connectivity index (χ1) is 10.2. The predicted octanol–water partition coefficient (Wildman–Crippen LogP) is 4.19. The summed E-state index contributed by atoms with van der Waals surface area (Å²) in [7, 11) is 1.66. The number of aromatic nitrogens is 2. The number of nitrogens with one attached hydrogen (secondary N) is 1. The van der Waals surface area contributed by atoms with E-state index in [4.69, 9.17) is 4.74 Å². The number of ether oxygens (including phenoxy) is 1. The summed E-state index contributed by atoms with van der Waals surface area (Å²) in [6.07, 6.45) is 0. The highest BCUT2D eigenvalue weighted by atomic mass is 32.1. The van der Waals surface area contributed by atoms with Crippen LogP contribution >= 0.6 is 11.3 Å². The lowest BCUT2D eigenvalue weighted by molar-refractivity contribution is 0.415. The number of anilines is 1. The fourth-order valence-corrected chi connectivity index (χ4v) is 2.92. The number of benzene rings is 1. The van der Waals surface area contributed by atoms with Crippen LogP contribution in [0.1, 0.15) is 13.8 Å². The van der Waals surface area contributed by atoms with Crippen molar-refractivity contribution in [2.75, 3.05) is 12.4 Å². The Bertz CT molecular complexity index is 767. The van der Waals surface area contributed by atoms with E-state index >= 15 is 0 Å².